The van der Waals surface area contributed by atoms with E-state index in [1.807, 2.05) is 11.9 Å². The number of amides is 1. The van der Waals surface area contributed by atoms with Crippen molar-refractivity contribution in [1.29, 1.82) is 0 Å². The molecule has 0 aromatic carbocycles. The van der Waals surface area contributed by atoms with Crippen LogP contribution >= 0.6 is 0 Å². The molecular formula is C16H27N3O3. The standard InChI is InChI=1S/C16H27N3O3/c1-15(2,3)11-19-8-5-7-16(21,14(19)20)12-18(4)10-13-6-9-22-17-13/h6,9,21H,5,7-8,10-12H2,1-4H3/t16-/m0/s1. The maximum Gasteiger partial charge on any atom is 0.255 e. The van der Waals surface area contributed by atoms with Gasteiger partial charge in [0.05, 0.1) is 5.69 Å². The van der Waals surface area contributed by atoms with Crippen LogP contribution in [0.25, 0.3) is 0 Å². The highest BCUT2D eigenvalue weighted by molar-refractivity contribution is 5.86. The van der Waals surface area contributed by atoms with Crippen LogP contribution in [0, 0.1) is 5.41 Å². The van der Waals surface area contributed by atoms with Crippen molar-refractivity contribution in [3.63, 3.8) is 0 Å². The Balaban J connectivity index is 1.99. The molecule has 0 bridgehead atoms. The molecule has 1 N–H and O–H groups in total. The number of likely N-dealkylation sites (tertiary alicyclic amines) is 1. The van der Waals surface area contributed by atoms with Crippen LogP contribution in [0.3, 0.4) is 0 Å². The van der Waals surface area contributed by atoms with E-state index in [0.717, 1.165) is 18.7 Å². The molecule has 1 aromatic heterocycles. The molecule has 0 spiro atoms. The summed E-state index contributed by atoms with van der Waals surface area (Å²) in [6.45, 7) is 8.55. The number of hydrogen-bond donors (Lipinski definition) is 1. The highest BCUT2D eigenvalue weighted by Crippen LogP contribution is 2.27. The summed E-state index contributed by atoms with van der Waals surface area (Å²) in [6, 6.07) is 1.79. The van der Waals surface area contributed by atoms with E-state index in [1.165, 1.54) is 6.26 Å². The number of aliphatic hydroxyl groups is 1. The maximum atomic E-state index is 12.7. The van der Waals surface area contributed by atoms with Gasteiger partial charge in [0, 0.05) is 32.2 Å². The van der Waals surface area contributed by atoms with Crippen LogP contribution in [0.4, 0.5) is 0 Å². The Hall–Kier alpha value is -1.40. The van der Waals surface area contributed by atoms with E-state index < -0.39 is 5.60 Å². The average molecular weight is 309 g/mol. The van der Waals surface area contributed by atoms with Crippen molar-refractivity contribution in [2.24, 2.45) is 5.41 Å². The third-order valence-corrected chi connectivity index (χ3v) is 3.82. The van der Waals surface area contributed by atoms with Gasteiger partial charge in [-0.2, -0.15) is 0 Å². The molecule has 0 saturated carbocycles. The molecule has 1 aromatic rings. The second-order valence-corrected chi connectivity index (χ2v) is 7.59. The first-order chi connectivity index (χ1) is 10.2. The van der Waals surface area contributed by atoms with Crippen LogP contribution in [0.5, 0.6) is 0 Å². The molecule has 6 heteroatoms. The van der Waals surface area contributed by atoms with Gasteiger partial charge in [0.25, 0.3) is 5.91 Å². The molecule has 124 valence electrons. The molecule has 1 fully saturated rings. The van der Waals surface area contributed by atoms with Gasteiger partial charge in [-0.1, -0.05) is 25.9 Å². The Morgan fingerprint density at radius 2 is 2.23 bits per heavy atom. The van der Waals surface area contributed by atoms with Gasteiger partial charge in [-0.3, -0.25) is 9.69 Å². The van der Waals surface area contributed by atoms with Gasteiger partial charge < -0.3 is 14.5 Å². The third-order valence-electron chi connectivity index (χ3n) is 3.82. The minimum absolute atomic E-state index is 0.0283. The van der Waals surface area contributed by atoms with Crippen molar-refractivity contribution in [1.82, 2.24) is 15.0 Å². The Kier molecular flexibility index (Phi) is 4.92. The van der Waals surface area contributed by atoms with Crippen LogP contribution in [0.1, 0.15) is 39.3 Å². The first-order valence-electron chi connectivity index (χ1n) is 7.79. The number of hydrogen-bond acceptors (Lipinski definition) is 5. The number of carbonyl (C=O) groups is 1. The minimum Gasteiger partial charge on any atom is -0.379 e. The van der Waals surface area contributed by atoms with E-state index in [0.29, 0.717) is 26.1 Å². The fourth-order valence-electron chi connectivity index (χ4n) is 3.03. The van der Waals surface area contributed by atoms with Gasteiger partial charge in [0.15, 0.2) is 5.60 Å². The molecule has 1 saturated heterocycles. The lowest BCUT2D eigenvalue weighted by Gasteiger charge is -2.42. The number of likely N-dealkylation sites (N-methyl/N-ethyl adjacent to an activating group) is 1. The predicted molar refractivity (Wildman–Crippen MR) is 83.1 cm³/mol. The first kappa shape index (κ1) is 17.0. The van der Waals surface area contributed by atoms with Crippen LogP contribution in [-0.2, 0) is 11.3 Å². The summed E-state index contributed by atoms with van der Waals surface area (Å²) < 4.78 is 4.81. The fraction of sp³-hybridized carbons (Fsp3) is 0.750. The summed E-state index contributed by atoms with van der Waals surface area (Å²) in [6.07, 6.45) is 2.86. The molecule has 1 amide bonds. The van der Waals surface area contributed by atoms with Gasteiger partial charge >= 0.3 is 0 Å². The first-order valence-corrected chi connectivity index (χ1v) is 7.79. The summed E-state index contributed by atoms with van der Waals surface area (Å²) in [4.78, 5) is 16.4. The molecule has 0 aliphatic carbocycles. The zero-order chi connectivity index (χ0) is 16.4. The second-order valence-electron chi connectivity index (χ2n) is 7.59. The SMILES string of the molecule is CN(Cc1ccon1)C[C@@]1(O)CCCN(CC(C)(C)C)C1=O. The number of piperidine rings is 1. The Bertz CT molecular complexity index is 495. The summed E-state index contributed by atoms with van der Waals surface area (Å²) in [7, 11) is 1.88. The van der Waals surface area contributed by atoms with E-state index in [1.54, 1.807) is 11.0 Å². The Morgan fingerprint density at radius 3 is 2.82 bits per heavy atom. The molecule has 2 rings (SSSR count). The van der Waals surface area contributed by atoms with Crippen molar-refractivity contribution >= 4 is 5.91 Å². The average Bonchev–Trinajstić information content (AvgIpc) is 2.86. The number of carbonyl (C=O) groups excluding carboxylic acids is 1. The van der Waals surface area contributed by atoms with E-state index in [4.69, 9.17) is 4.52 Å². The van der Waals surface area contributed by atoms with Gasteiger partial charge in [-0.25, -0.2) is 0 Å². The molecule has 0 unspecified atom stereocenters. The zero-order valence-electron chi connectivity index (χ0n) is 14.0. The number of nitrogens with zero attached hydrogens (tertiary/aromatic N) is 3. The fourth-order valence-corrected chi connectivity index (χ4v) is 3.03. The molecule has 2 heterocycles. The summed E-state index contributed by atoms with van der Waals surface area (Å²) in [5.74, 6) is -0.152. The van der Waals surface area contributed by atoms with Crippen molar-refractivity contribution in [3.05, 3.63) is 18.0 Å². The lowest BCUT2D eigenvalue weighted by Crippen LogP contribution is -2.59. The van der Waals surface area contributed by atoms with Gasteiger partial charge in [0.1, 0.15) is 6.26 Å². The van der Waals surface area contributed by atoms with E-state index in [2.05, 4.69) is 25.9 Å². The number of rotatable bonds is 5. The molecule has 1 atom stereocenters. The smallest absolute Gasteiger partial charge is 0.255 e. The number of aromatic nitrogens is 1. The largest absolute Gasteiger partial charge is 0.379 e. The predicted octanol–water partition coefficient (Wildman–Crippen LogP) is 1.51. The summed E-state index contributed by atoms with van der Waals surface area (Å²) in [5.41, 5.74) is -0.483. The quantitative estimate of drug-likeness (QED) is 0.893. The van der Waals surface area contributed by atoms with Crippen LogP contribution < -0.4 is 0 Å². The molecule has 6 nitrogen and oxygen atoms in total. The highest BCUT2D eigenvalue weighted by Gasteiger charge is 2.43. The molecule has 22 heavy (non-hydrogen) atoms. The summed E-state index contributed by atoms with van der Waals surface area (Å²) >= 11 is 0. The Labute approximate surface area is 132 Å². The van der Waals surface area contributed by atoms with Crippen molar-refractivity contribution in [3.8, 4) is 0 Å². The molecule has 0 radical (unpaired) electrons. The monoisotopic (exact) mass is 309 g/mol. The van der Waals surface area contributed by atoms with E-state index in [-0.39, 0.29) is 11.3 Å². The molecule has 1 aliphatic heterocycles. The van der Waals surface area contributed by atoms with E-state index >= 15 is 0 Å². The van der Waals surface area contributed by atoms with Gasteiger partial charge in [0.2, 0.25) is 0 Å². The highest BCUT2D eigenvalue weighted by atomic mass is 16.5. The normalized spacial score (nSPS) is 23.4. The van der Waals surface area contributed by atoms with Gasteiger partial charge in [-0.15, -0.1) is 0 Å². The molecular weight excluding hydrogens is 282 g/mol. The second kappa shape index (κ2) is 6.38. The van der Waals surface area contributed by atoms with Crippen LogP contribution in [0.2, 0.25) is 0 Å². The lowest BCUT2D eigenvalue weighted by molar-refractivity contribution is -0.160. The maximum absolute atomic E-state index is 12.7. The van der Waals surface area contributed by atoms with Gasteiger partial charge in [-0.05, 0) is 25.3 Å². The Morgan fingerprint density at radius 1 is 1.50 bits per heavy atom. The zero-order valence-corrected chi connectivity index (χ0v) is 14.0. The van der Waals surface area contributed by atoms with Crippen molar-refractivity contribution < 1.29 is 14.4 Å². The topological polar surface area (TPSA) is 69.8 Å². The lowest BCUT2D eigenvalue weighted by atomic mass is 9.88. The third kappa shape index (κ3) is 4.30. The van der Waals surface area contributed by atoms with Crippen LogP contribution in [0.15, 0.2) is 16.9 Å². The summed E-state index contributed by atoms with van der Waals surface area (Å²) in [5, 5.41) is 14.7. The van der Waals surface area contributed by atoms with Crippen molar-refractivity contribution in [2.45, 2.75) is 45.8 Å². The van der Waals surface area contributed by atoms with Crippen molar-refractivity contribution in [2.75, 3.05) is 26.7 Å². The van der Waals surface area contributed by atoms with E-state index in [9.17, 15) is 9.90 Å². The minimum atomic E-state index is -1.30. The molecule has 1 aliphatic rings. The van der Waals surface area contributed by atoms with Crippen LogP contribution in [-0.4, -0.2) is 58.3 Å².